The molecule has 1 saturated heterocycles. The van der Waals surface area contributed by atoms with Crippen LogP contribution in [0.15, 0.2) is 36.7 Å². The first-order valence-electron chi connectivity index (χ1n) is 8.21. The average molecular weight is 365 g/mol. The van der Waals surface area contributed by atoms with Crippen molar-refractivity contribution < 1.29 is 17.5 Å². The van der Waals surface area contributed by atoms with Gasteiger partial charge in [0.2, 0.25) is 15.9 Å². The van der Waals surface area contributed by atoms with E-state index in [2.05, 4.69) is 9.97 Å². The minimum atomic E-state index is -3.24. The van der Waals surface area contributed by atoms with E-state index >= 15 is 0 Å². The number of halogens is 1. The van der Waals surface area contributed by atoms with Crippen LogP contribution in [0.4, 0.5) is 4.39 Å². The number of nitrogens with zero attached hydrogens (tertiary/aromatic N) is 3. The summed E-state index contributed by atoms with van der Waals surface area (Å²) in [5, 5.41) is 0. The number of rotatable bonds is 5. The second kappa shape index (κ2) is 7.45. The lowest BCUT2D eigenvalue weighted by Crippen LogP contribution is -2.40. The molecule has 0 bridgehead atoms. The largest absolute Gasteiger partial charge is 0.437 e. The molecule has 25 heavy (non-hydrogen) atoms. The third kappa shape index (κ3) is 4.13. The van der Waals surface area contributed by atoms with E-state index in [-0.39, 0.29) is 17.6 Å². The predicted octanol–water partition coefficient (Wildman–Crippen LogP) is 2.94. The SMILES string of the molecule is CCS(=O)(=O)N1CCCC(c2nccnc2Oc2cccc(F)c2)C1. The standard InChI is InChI=1S/C17H20FN3O3S/c1-2-25(22,23)21-10-4-5-13(12-21)16-17(20-9-8-19-16)24-15-7-3-6-14(18)11-15/h3,6-9,11,13H,2,4-5,10,12H2,1H3. The second-order valence-electron chi connectivity index (χ2n) is 5.90. The lowest BCUT2D eigenvalue weighted by Gasteiger charge is -2.31. The van der Waals surface area contributed by atoms with Gasteiger partial charge in [0.15, 0.2) is 0 Å². The van der Waals surface area contributed by atoms with Crippen molar-refractivity contribution in [3.05, 3.63) is 48.2 Å². The Hall–Kier alpha value is -2.06. The van der Waals surface area contributed by atoms with Crippen LogP contribution in [0, 0.1) is 5.82 Å². The summed E-state index contributed by atoms with van der Waals surface area (Å²) in [5.41, 5.74) is 0.600. The fourth-order valence-electron chi connectivity index (χ4n) is 2.94. The molecule has 0 N–H and O–H groups in total. The van der Waals surface area contributed by atoms with E-state index in [1.807, 2.05) is 0 Å². The molecule has 1 aliphatic heterocycles. The van der Waals surface area contributed by atoms with E-state index in [1.165, 1.54) is 22.6 Å². The molecule has 3 rings (SSSR count). The Kier molecular flexibility index (Phi) is 5.29. The molecule has 0 radical (unpaired) electrons. The Balaban J connectivity index is 1.85. The summed E-state index contributed by atoms with van der Waals surface area (Å²) in [4.78, 5) is 8.57. The lowest BCUT2D eigenvalue weighted by atomic mass is 9.96. The highest BCUT2D eigenvalue weighted by Gasteiger charge is 2.31. The molecule has 0 amide bonds. The lowest BCUT2D eigenvalue weighted by molar-refractivity contribution is 0.306. The first-order valence-corrected chi connectivity index (χ1v) is 9.82. The van der Waals surface area contributed by atoms with Gasteiger partial charge in [0.1, 0.15) is 17.3 Å². The first kappa shape index (κ1) is 17.8. The van der Waals surface area contributed by atoms with Gasteiger partial charge in [0.25, 0.3) is 0 Å². The number of aromatic nitrogens is 2. The third-order valence-electron chi connectivity index (χ3n) is 4.23. The topological polar surface area (TPSA) is 72.4 Å². The van der Waals surface area contributed by atoms with E-state index in [0.29, 0.717) is 24.5 Å². The maximum Gasteiger partial charge on any atom is 0.241 e. The molecule has 1 aromatic carbocycles. The van der Waals surface area contributed by atoms with E-state index in [9.17, 15) is 12.8 Å². The number of benzene rings is 1. The van der Waals surface area contributed by atoms with Crippen molar-refractivity contribution in [3.8, 4) is 11.6 Å². The Morgan fingerprint density at radius 1 is 1.32 bits per heavy atom. The number of hydrogen-bond acceptors (Lipinski definition) is 5. The Morgan fingerprint density at radius 2 is 2.12 bits per heavy atom. The zero-order valence-corrected chi connectivity index (χ0v) is 14.7. The molecular weight excluding hydrogens is 345 g/mol. The molecule has 0 aliphatic carbocycles. The van der Waals surface area contributed by atoms with Gasteiger partial charge in [-0.25, -0.2) is 22.1 Å². The summed E-state index contributed by atoms with van der Waals surface area (Å²) in [7, 11) is -3.24. The highest BCUT2D eigenvalue weighted by atomic mass is 32.2. The predicted molar refractivity (Wildman–Crippen MR) is 91.5 cm³/mol. The van der Waals surface area contributed by atoms with Crippen molar-refractivity contribution in [1.29, 1.82) is 0 Å². The van der Waals surface area contributed by atoms with E-state index < -0.39 is 15.8 Å². The van der Waals surface area contributed by atoms with Gasteiger partial charge in [-0.05, 0) is 31.9 Å². The molecule has 1 aromatic heterocycles. The number of hydrogen-bond donors (Lipinski definition) is 0. The summed E-state index contributed by atoms with van der Waals surface area (Å²) in [5.74, 6) is 0.185. The van der Waals surface area contributed by atoms with Crippen LogP contribution in [-0.4, -0.2) is 41.5 Å². The van der Waals surface area contributed by atoms with Crippen molar-refractivity contribution in [3.63, 3.8) is 0 Å². The van der Waals surface area contributed by atoms with Gasteiger partial charge in [0, 0.05) is 37.5 Å². The molecule has 8 heteroatoms. The van der Waals surface area contributed by atoms with Gasteiger partial charge in [-0.3, -0.25) is 4.98 Å². The molecule has 2 heterocycles. The molecule has 0 spiro atoms. The van der Waals surface area contributed by atoms with Crippen LogP contribution in [0.3, 0.4) is 0 Å². The average Bonchev–Trinajstić information content (AvgIpc) is 2.62. The third-order valence-corrected chi connectivity index (χ3v) is 6.08. The second-order valence-corrected chi connectivity index (χ2v) is 8.16. The van der Waals surface area contributed by atoms with Crippen molar-refractivity contribution in [2.24, 2.45) is 0 Å². The van der Waals surface area contributed by atoms with E-state index in [4.69, 9.17) is 4.74 Å². The Labute approximate surface area is 146 Å². The molecule has 1 unspecified atom stereocenters. The normalized spacial score (nSPS) is 18.9. The van der Waals surface area contributed by atoms with E-state index in [0.717, 1.165) is 12.8 Å². The molecule has 0 saturated carbocycles. The van der Waals surface area contributed by atoms with Gasteiger partial charge in [-0.2, -0.15) is 0 Å². The maximum absolute atomic E-state index is 13.4. The van der Waals surface area contributed by atoms with Gasteiger partial charge in [0.05, 0.1) is 5.75 Å². The van der Waals surface area contributed by atoms with Crippen LogP contribution < -0.4 is 4.74 Å². The van der Waals surface area contributed by atoms with Crippen molar-refractivity contribution >= 4 is 10.0 Å². The minimum Gasteiger partial charge on any atom is -0.437 e. The number of sulfonamides is 1. The Bertz CT molecular complexity index is 845. The molecule has 1 aliphatic rings. The van der Waals surface area contributed by atoms with Crippen molar-refractivity contribution in [2.75, 3.05) is 18.8 Å². The van der Waals surface area contributed by atoms with Gasteiger partial charge in [-0.1, -0.05) is 6.07 Å². The highest BCUT2D eigenvalue weighted by molar-refractivity contribution is 7.89. The van der Waals surface area contributed by atoms with Crippen LogP contribution >= 0.6 is 0 Å². The summed E-state index contributed by atoms with van der Waals surface area (Å²) in [6.07, 6.45) is 4.61. The van der Waals surface area contributed by atoms with Crippen LogP contribution in [0.5, 0.6) is 11.6 Å². The van der Waals surface area contributed by atoms with E-state index in [1.54, 1.807) is 25.3 Å². The number of piperidine rings is 1. The fraction of sp³-hybridized carbons (Fsp3) is 0.412. The number of ether oxygens (including phenoxy) is 1. The van der Waals surface area contributed by atoms with Crippen molar-refractivity contribution in [2.45, 2.75) is 25.7 Å². The molecule has 134 valence electrons. The Morgan fingerprint density at radius 3 is 2.88 bits per heavy atom. The maximum atomic E-state index is 13.4. The first-order chi connectivity index (χ1) is 12.0. The smallest absolute Gasteiger partial charge is 0.241 e. The molecule has 1 atom stereocenters. The highest BCUT2D eigenvalue weighted by Crippen LogP contribution is 2.33. The molecular formula is C17H20FN3O3S. The zero-order valence-electron chi connectivity index (χ0n) is 13.9. The van der Waals surface area contributed by atoms with Gasteiger partial charge in [-0.15, -0.1) is 0 Å². The van der Waals surface area contributed by atoms with Crippen LogP contribution in [0.1, 0.15) is 31.4 Å². The van der Waals surface area contributed by atoms with Gasteiger partial charge < -0.3 is 4.74 Å². The molecule has 6 nitrogen and oxygen atoms in total. The van der Waals surface area contributed by atoms with Crippen LogP contribution in [-0.2, 0) is 10.0 Å². The van der Waals surface area contributed by atoms with Crippen molar-refractivity contribution in [1.82, 2.24) is 14.3 Å². The molecule has 1 fully saturated rings. The van der Waals surface area contributed by atoms with Crippen LogP contribution in [0.25, 0.3) is 0 Å². The summed E-state index contributed by atoms with van der Waals surface area (Å²) in [6.45, 7) is 2.52. The summed E-state index contributed by atoms with van der Waals surface area (Å²) < 4.78 is 44.9. The zero-order chi connectivity index (χ0) is 17.9. The minimum absolute atomic E-state index is 0.0762. The fourth-order valence-corrected chi connectivity index (χ4v) is 4.12. The molecule has 2 aromatic rings. The summed E-state index contributed by atoms with van der Waals surface area (Å²) in [6, 6.07) is 5.79. The summed E-state index contributed by atoms with van der Waals surface area (Å²) >= 11 is 0. The van der Waals surface area contributed by atoms with Crippen LogP contribution in [0.2, 0.25) is 0 Å². The van der Waals surface area contributed by atoms with Gasteiger partial charge >= 0.3 is 0 Å². The quantitative estimate of drug-likeness (QED) is 0.815. The monoisotopic (exact) mass is 365 g/mol.